The molecule has 6 nitrogen and oxygen atoms in total. The molecular formula is C29H31Cl2NO5. The summed E-state index contributed by atoms with van der Waals surface area (Å²) < 4.78 is 16.7. The summed E-state index contributed by atoms with van der Waals surface area (Å²) in [6.07, 6.45) is 0.932. The van der Waals surface area contributed by atoms with Gasteiger partial charge in [0.25, 0.3) is 5.91 Å². The molecule has 0 aliphatic heterocycles. The van der Waals surface area contributed by atoms with Crippen molar-refractivity contribution in [2.24, 2.45) is 0 Å². The zero-order valence-electron chi connectivity index (χ0n) is 21.6. The second-order valence-electron chi connectivity index (χ2n) is 8.62. The van der Waals surface area contributed by atoms with Crippen molar-refractivity contribution >= 4 is 40.8 Å². The van der Waals surface area contributed by atoms with Gasteiger partial charge in [0.15, 0.2) is 5.75 Å². The minimum Gasteiger partial charge on any atom is -0.496 e. The highest BCUT2D eigenvalue weighted by molar-refractivity contribution is 6.37. The fourth-order valence-electron chi connectivity index (χ4n) is 3.77. The summed E-state index contributed by atoms with van der Waals surface area (Å²) >= 11 is 13.2. The van der Waals surface area contributed by atoms with Gasteiger partial charge in [0, 0.05) is 16.8 Å². The number of esters is 1. The largest absolute Gasteiger partial charge is 0.496 e. The van der Waals surface area contributed by atoms with Gasteiger partial charge >= 0.3 is 5.97 Å². The lowest BCUT2D eigenvalue weighted by Gasteiger charge is -2.23. The van der Waals surface area contributed by atoms with Gasteiger partial charge in [0.05, 0.1) is 23.8 Å². The van der Waals surface area contributed by atoms with Gasteiger partial charge in [-0.15, -0.1) is 0 Å². The lowest BCUT2D eigenvalue weighted by atomic mass is 9.97. The molecule has 8 heteroatoms. The van der Waals surface area contributed by atoms with Crippen LogP contribution in [0.15, 0.2) is 54.6 Å². The number of carbonyl (C=O) groups is 2. The molecule has 0 spiro atoms. The van der Waals surface area contributed by atoms with E-state index in [0.29, 0.717) is 17.0 Å². The maximum atomic E-state index is 13.4. The minimum absolute atomic E-state index is 0.189. The van der Waals surface area contributed by atoms with Crippen LogP contribution in [0.1, 0.15) is 54.6 Å². The van der Waals surface area contributed by atoms with Crippen molar-refractivity contribution in [3.05, 3.63) is 81.3 Å². The molecule has 0 fully saturated rings. The molecule has 1 amide bonds. The molecule has 0 saturated heterocycles. The topological polar surface area (TPSA) is 65.1 Å². The second kappa shape index (κ2) is 12.8. The van der Waals surface area contributed by atoms with Crippen LogP contribution in [0, 0.1) is 6.92 Å². The summed E-state index contributed by atoms with van der Waals surface area (Å²) in [5.74, 6) is 0.890. The highest BCUT2D eigenvalue weighted by Crippen LogP contribution is 2.41. The van der Waals surface area contributed by atoms with Gasteiger partial charge in [-0.3, -0.25) is 14.5 Å². The van der Waals surface area contributed by atoms with Crippen molar-refractivity contribution < 1.29 is 23.8 Å². The van der Waals surface area contributed by atoms with Crippen LogP contribution in [0.4, 0.5) is 5.69 Å². The van der Waals surface area contributed by atoms with Gasteiger partial charge in [-0.25, -0.2) is 0 Å². The number of halogens is 2. The number of ether oxygens (including phenoxy) is 3. The molecule has 3 aromatic carbocycles. The molecule has 3 rings (SSSR count). The Kier molecular flexibility index (Phi) is 9.84. The van der Waals surface area contributed by atoms with Crippen LogP contribution in [0.2, 0.25) is 10.0 Å². The Balaban J connectivity index is 1.97. The molecule has 0 N–H and O–H groups in total. The zero-order chi connectivity index (χ0) is 27.1. The van der Waals surface area contributed by atoms with Crippen molar-refractivity contribution in [2.75, 3.05) is 25.2 Å². The number of carbonyl (C=O) groups excluding carboxylic acids is 2. The van der Waals surface area contributed by atoms with Gasteiger partial charge < -0.3 is 14.2 Å². The summed E-state index contributed by atoms with van der Waals surface area (Å²) in [6, 6.07) is 15.7. The SMILES string of the molecule is CCOC(=O)CN(C(=O)c1ccc(C)cc1)c1cc(Cl)c(Oc2ccc(OC)c(C(C)CC)c2)c(Cl)c1. The van der Waals surface area contributed by atoms with Gasteiger partial charge in [-0.2, -0.15) is 0 Å². The summed E-state index contributed by atoms with van der Waals surface area (Å²) in [5, 5.41) is 0.378. The Morgan fingerprint density at radius 3 is 2.19 bits per heavy atom. The smallest absolute Gasteiger partial charge is 0.326 e. The van der Waals surface area contributed by atoms with Crippen LogP contribution in [-0.2, 0) is 9.53 Å². The van der Waals surface area contributed by atoms with Gasteiger partial charge in [0.2, 0.25) is 0 Å². The highest BCUT2D eigenvalue weighted by Gasteiger charge is 2.24. The number of benzene rings is 3. The molecule has 37 heavy (non-hydrogen) atoms. The average molecular weight is 544 g/mol. The summed E-state index contributed by atoms with van der Waals surface area (Å²) in [7, 11) is 1.63. The molecule has 196 valence electrons. The Hall–Kier alpha value is -3.22. The fourth-order valence-corrected chi connectivity index (χ4v) is 4.32. The van der Waals surface area contributed by atoms with E-state index in [1.54, 1.807) is 44.4 Å². The number of nitrogens with zero attached hydrogens (tertiary/aromatic N) is 1. The van der Waals surface area contributed by atoms with Crippen LogP contribution in [-0.4, -0.2) is 32.1 Å². The number of methoxy groups -OCH3 is 1. The summed E-state index contributed by atoms with van der Waals surface area (Å²) in [4.78, 5) is 27.0. The number of hydrogen-bond donors (Lipinski definition) is 0. The Labute approximate surface area is 228 Å². The second-order valence-corrected chi connectivity index (χ2v) is 9.43. The zero-order valence-corrected chi connectivity index (χ0v) is 23.2. The van der Waals surface area contributed by atoms with E-state index in [4.69, 9.17) is 37.4 Å². The number of hydrogen-bond acceptors (Lipinski definition) is 5. The number of amides is 1. The third-order valence-corrected chi connectivity index (χ3v) is 6.56. The first-order chi connectivity index (χ1) is 17.7. The van der Waals surface area contributed by atoms with E-state index >= 15 is 0 Å². The molecule has 0 radical (unpaired) electrons. The normalized spacial score (nSPS) is 11.5. The van der Waals surface area contributed by atoms with Crippen molar-refractivity contribution in [1.29, 1.82) is 0 Å². The van der Waals surface area contributed by atoms with Gasteiger partial charge in [-0.1, -0.05) is 54.7 Å². The van der Waals surface area contributed by atoms with E-state index < -0.39 is 5.97 Å². The van der Waals surface area contributed by atoms with E-state index in [9.17, 15) is 9.59 Å². The van der Waals surface area contributed by atoms with Crippen LogP contribution in [0.25, 0.3) is 0 Å². The molecular weight excluding hydrogens is 513 g/mol. The summed E-state index contributed by atoms with van der Waals surface area (Å²) in [6.45, 7) is 7.74. The maximum Gasteiger partial charge on any atom is 0.326 e. The standard InChI is InChI=1S/C29H31Cl2NO5/c1-6-19(4)23-16-22(12-13-26(23)35-5)37-28-24(30)14-21(15-25(28)31)32(17-27(33)36-7-2)29(34)20-10-8-18(3)9-11-20/h8-16,19H,6-7,17H2,1-5H3. The molecule has 1 unspecified atom stereocenters. The Bertz CT molecular complexity index is 1240. The average Bonchev–Trinajstić information content (AvgIpc) is 2.88. The fraction of sp³-hybridized carbons (Fsp3) is 0.310. The quantitative estimate of drug-likeness (QED) is 0.244. The Morgan fingerprint density at radius 2 is 1.62 bits per heavy atom. The van der Waals surface area contributed by atoms with Gasteiger partial charge in [0.1, 0.15) is 18.0 Å². The number of aryl methyl sites for hydroxylation is 1. The first-order valence-electron chi connectivity index (χ1n) is 12.1. The van der Waals surface area contributed by atoms with Crippen LogP contribution < -0.4 is 14.4 Å². The van der Waals surface area contributed by atoms with E-state index in [1.165, 1.54) is 4.90 Å². The van der Waals surface area contributed by atoms with Gasteiger partial charge in [-0.05, 0) is 68.7 Å². The monoisotopic (exact) mass is 543 g/mol. The number of rotatable bonds is 10. The lowest BCUT2D eigenvalue weighted by Crippen LogP contribution is -2.36. The molecule has 1 atom stereocenters. The highest BCUT2D eigenvalue weighted by atomic mass is 35.5. The van der Waals surface area contributed by atoms with E-state index in [0.717, 1.165) is 23.3 Å². The molecule has 0 heterocycles. The van der Waals surface area contributed by atoms with E-state index in [1.807, 2.05) is 31.2 Å². The molecule has 0 aliphatic carbocycles. The first kappa shape index (κ1) is 28.4. The van der Waals surface area contributed by atoms with Crippen molar-refractivity contribution in [2.45, 2.75) is 40.0 Å². The Morgan fingerprint density at radius 1 is 0.973 bits per heavy atom. The van der Waals surface area contributed by atoms with Crippen molar-refractivity contribution in [1.82, 2.24) is 0 Å². The first-order valence-corrected chi connectivity index (χ1v) is 12.8. The predicted molar refractivity (Wildman–Crippen MR) is 148 cm³/mol. The molecule has 0 bridgehead atoms. The van der Waals surface area contributed by atoms with Crippen LogP contribution in [0.3, 0.4) is 0 Å². The van der Waals surface area contributed by atoms with E-state index in [2.05, 4.69) is 13.8 Å². The van der Waals surface area contributed by atoms with Crippen molar-refractivity contribution in [3.8, 4) is 17.2 Å². The predicted octanol–water partition coefficient (Wildman–Crippen LogP) is 7.83. The molecule has 0 saturated carbocycles. The lowest BCUT2D eigenvalue weighted by molar-refractivity contribution is -0.141. The van der Waals surface area contributed by atoms with Crippen LogP contribution >= 0.6 is 23.2 Å². The van der Waals surface area contributed by atoms with Crippen molar-refractivity contribution in [3.63, 3.8) is 0 Å². The van der Waals surface area contributed by atoms with E-state index in [-0.39, 0.29) is 40.8 Å². The molecule has 0 aromatic heterocycles. The van der Waals surface area contributed by atoms with Crippen LogP contribution in [0.5, 0.6) is 17.2 Å². The third-order valence-electron chi connectivity index (χ3n) is 6.00. The third kappa shape index (κ3) is 6.96. The maximum absolute atomic E-state index is 13.4. The molecule has 3 aromatic rings. The summed E-state index contributed by atoms with van der Waals surface area (Å²) in [5.41, 5.74) is 2.78. The minimum atomic E-state index is -0.550. The molecule has 0 aliphatic rings. The number of anilines is 1.